The lowest BCUT2D eigenvalue weighted by molar-refractivity contribution is -0.116. The summed E-state index contributed by atoms with van der Waals surface area (Å²) < 4.78 is 24.4. The summed E-state index contributed by atoms with van der Waals surface area (Å²) in [4.78, 5) is 12.0. The van der Waals surface area contributed by atoms with Crippen molar-refractivity contribution in [3.63, 3.8) is 0 Å². The van der Waals surface area contributed by atoms with Crippen LogP contribution >= 0.6 is 11.6 Å². The van der Waals surface area contributed by atoms with Crippen LogP contribution < -0.4 is 20.1 Å². The molecule has 0 heterocycles. The van der Waals surface area contributed by atoms with E-state index < -0.39 is 0 Å². The van der Waals surface area contributed by atoms with Crippen molar-refractivity contribution in [1.29, 1.82) is 0 Å². The molecule has 2 N–H and O–H groups in total. The molecule has 7 heteroatoms. The van der Waals surface area contributed by atoms with Gasteiger partial charge in [0, 0.05) is 24.3 Å². The average molecular weight is 471 g/mol. The second kappa shape index (κ2) is 11.6. The minimum atomic E-state index is -0.297. The van der Waals surface area contributed by atoms with E-state index in [9.17, 15) is 9.18 Å². The molecule has 0 saturated heterocycles. The molecule has 33 heavy (non-hydrogen) atoms. The Morgan fingerprint density at radius 1 is 1.03 bits per heavy atom. The van der Waals surface area contributed by atoms with Crippen LogP contribution in [0.1, 0.15) is 31.4 Å². The van der Waals surface area contributed by atoms with Gasteiger partial charge in [0.1, 0.15) is 12.4 Å². The maximum absolute atomic E-state index is 13.1. The van der Waals surface area contributed by atoms with Gasteiger partial charge in [0.15, 0.2) is 11.5 Å². The number of benzene rings is 3. The lowest BCUT2D eigenvalue weighted by atomic mass is 10.1. The van der Waals surface area contributed by atoms with Crippen molar-refractivity contribution in [3.8, 4) is 11.5 Å². The number of rotatable bonds is 10. The molecular weight excluding hydrogens is 443 g/mol. The molecule has 5 nitrogen and oxygen atoms in total. The van der Waals surface area contributed by atoms with Crippen molar-refractivity contribution < 1.29 is 18.7 Å². The van der Waals surface area contributed by atoms with Crippen molar-refractivity contribution in [2.75, 3.05) is 17.7 Å². The van der Waals surface area contributed by atoms with Gasteiger partial charge in [-0.05, 0) is 59.5 Å². The minimum Gasteiger partial charge on any atom is -0.493 e. The second-order valence-corrected chi connectivity index (χ2v) is 8.51. The van der Waals surface area contributed by atoms with Gasteiger partial charge in [-0.3, -0.25) is 4.79 Å². The number of nitrogens with one attached hydrogen (secondary N) is 2. The first-order valence-electron chi connectivity index (χ1n) is 10.7. The first-order chi connectivity index (χ1) is 15.8. The normalized spacial score (nSPS) is 10.7. The van der Waals surface area contributed by atoms with Gasteiger partial charge >= 0.3 is 0 Å². The maximum atomic E-state index is 13.1. The average Bonchev–Trinajstić information content (AvgIpc) is 2.77. The Hall–Kier alpha value is -3.25. The molecule has 3 aromatic carbocycles. The summed E-state index contributed by atoms with van der Waals surface area (Å²) in [7, 11) is 1.55. The third kappa shape index (κ3) is 7.39. The number of anilines is 2. The topological polar surface area (TPSA) is 59.6 Å². The molecule has 0 bridgehead atoms. The molecule has 0 aromatic heterocycles. The molecule has 0 spiro atoms. The molecule has 0 aliphatic heterocycles. The van der Waals surface area contributed by atoms with E-state index in [1.165, 1.54) is 12.1 Å². The first-order valence-corrected chi connectivity index (χ1v) is 11.1. The first kappa shape index (κ1) is 24.4. The van der Waals surface area contributed by atoms with Gasteiger partial charge in [0.2, 0.25) is 5.91 Å². The Kier molecular flexibility index (Phi) is 8.55. The van der Waals surface area contributed by atoms with Gasteiger partial charge in [-0.25, -0.2) is 4.39 Å². The molecule has 0 saturated carbocycles. The predicted molar refractivity (Wildman–Crippen MR) is 131 cm³/mol. The fourth-order valence-electron chi connectivity index (χ4n) is 3.25. The molecular formula is C26H28ClFN2O3. The van der Waals surface area contributed by atoms with Crippen molar-refractivity contribution in [1.82, 2.24) is 0 Å². The second-order valence-electron chi connectivity index (χ2n) is 8.10. The van der Waals surface area contributed by atoms with Crippen LogP contribution in [0.3, 0.4) is 0 Å². The molecule has 0 unspecified atom stereocenters. The summed E-state index contributed by atoms with van der Waals surface area (Å²) >= 11 is 6.47. The van der Waals surface area contributed by atoms with Crippen LogP contribution in [0.2, 0.25) is 5.02 Å². The van der Waals surface area contributed by atoms with E-state index in [0.29, 0.717) is 35.4 Å². The van der Waals surface area contributed by atoms with E-state index in [-0.39, 0.29) is 18.3 Å². The number of hydrogen-bond acceptors (Lipinski definition) is 4. The lowest BCUT2D eigenvalue weighted by Gasteiger charge is -2.15. The van der Waals surface area contributed by atoms with E-state index >= 15 is 0 Å². The minimum absolute atomic E-state index is 0.00473. The van der Waals surface area contributed by atoms with E-state index in [0.717, 1.165) is 22.5 Å². The highest BCUT2D eigenvalue weighted by atomic mass is 35.5. The van der Waals surface area contributed by atoms with Crippen molar-refractivity contribution in [2.45, 2.75) is 33.4 Å². The number of carbonyl (C=O) groups excluding carboxylic acids is 1. The third-order valence-electron chi connectivity index (χ3n) is 4.82. The number of carbonyl (C=O) groups is 1. The van der Waals surface area contributed by atoms with Gasteiger partial charge in [0.25, 0.3) is 0 Å². The molecule has 0 fully saturated rings. The SMILES string of the molecule is COc1cc(CNc2cccc(NC(=O)CC(C)C)c2)cc(Cl)c1OCc1ccc(F)cc1. The summed E-state index contributed by atoms with van der Waals surface area (Å²) in [6, 6.07) is 17.3. The summed E-state index contributed by atoms with van der Waals surface area (Å²) in [5, 5.41) is 6.67. The van der Waals surface area contributed by atoms with Gasteiger partial charge in [-0.15, -0.1) is 0 Å². The number of amides is 1. The predicted octanol–water partition coefficient (Wildman–Crippen LogP) is 6.66. The fraction of sp³-hybridized carbons (Fsp3) is 0.269. The van der Waals surface area contributed by atoms with Crippen LogP contribution in [0.5, 0.6) is 11.5 Å². The molecule has 0 radical (unpaired) electrons. The number of ether oxygens (including phenoxy) is 2. The smallest absolute Gasteiger partial charge is 0.224 e. The standard InChI is InChI=1S/C26H28ClFN2O3/c1-17(2)11-25(31)30-22-6-4-5-21(14-22)29-15-19-12-23(27)26(24(13-19)32-3)33-16-18-7-9-20(28)10-8-18/h4-10,12-14,17,29H,11,15-16H2,1-3H3,(H,30,31). The van der Waals surface area contributed by atoms with Crippen molar-refractivity contribution in [2.24, 2.45) is 5.92 Å². The highest BCUT2D eigenvalue weighted by Crippen LogP contribution is 2.37. The number of methoxy groups -OCH3 is 1. The Labute approximate surface area is 198 Å². The van der Waals surface area contributed by atoms with E-state index in [4.69, 9.17) is 21.1 Å². The Bertz CT molecular complexity index is 1090. The molecule has 174 valence electrons. The van der Waals surface area contributed by atoms with Gasteiger partial charge in [-0.1, -0.05) is 43.6 Å². The van der Waals surface area contributed by atoms with Gasteiger partial charge in [0.05, 0.1) is 12.1 Å². The maximum Gasteiger partial charge on any atom is 0.224 e. The summed E-state index contributed by atoms with van der Waals surface area (Å²) in [6.07, 6.45) is 0.478. The quantitative estimate of drug-likeness (QED) is 0.347. The highest BCUT2D eigenvalue weighted by Gasteiger charge is 2.13. The third-order valence-corrected chi connectivity index (χ3v) is 5.10. The van der Waals surface area contributed by atoms with Crippen LogP contribution in [0, 0.1) is 11.7 Å². The van der Waals surface area contributed by atoms with Crippen LogP contribution in [-0.4, -0.2) is 13.0 Å². The Balaban J connectivity index is 1.64. The Morgan fingerprint density at radius 2 is 1.76 bits per heavy atom. The van der Waals surface area contributed by atoms with E-state index in [1.54, 1.807) is 19.2 Å². The lowest BCUT2D eigenvalue weighted by Crippen LogP contribution is -2.13. The molecule has 3 aromatic rings. The zero-order valence-electron chi connectivity index (χ0n) is 19.0. The summed E-state index contributed by atoms with van der Waals surface area (Å²) in [5.41, 5.74) is 3.33. The van der Waals surface area contributed by atoms with Gasteiger partial charge in [-0.2, -0.15) is 0 Å². The Morgan fingerprint density at radius 3 is 2.45 bits per heavy atom. The van der Waals surface area contributed by atoms with Gasteiger partial charge < -0.3 is 20.1 Å². The van der Waals surface area contributed by atoms with Crippen molar-refractivity contribution in [3.05, 3.63) is 82.6 Å². The molecule has 0 aliphatic carbocycles. The zero-order valence-corrected chi connectivity index (χ0v) is 19.7. The molecule has 0 aliphatic rings. The van der Waals surface area contributed by atoms with Crippen LogP contribution in [0.15, 0.2) is 60.7 Å². The van der Waals surface area contributed by atoms with E-state index in [2.05, 4.69) is 10.6 Å². The van der Waals surface area contributed by atoms with Crippen LogP contribution in [-0.2, 0) is 17.9 Å². The summed E-state index contributed by atoms with van der Waals surface area (Å²) in [6.45, 7) is 4.76. The molecule has 1 amide bonds. The van der Waals surface area contributed by atoms with Crippen LogP contribution in [0.25, 0.3) is 0 Å². The zero-order chi connectivity index (χ0) is 23.8. The molecule has 0 atom stereocenters. The fourth-order valence-corrected chi connectivity index (χ4v) is 3.53. The van der Waals surface area contributed by atoms with Crippen LogP contribution in [0.4, 0.5) is 15.8 Å². The largest absolute Gasteiger partial charge is 0.493 e. The summed E-state index contributed by atoms with van der Waals surface area (Å²) in [5.74, 6) is 0.941. The van der Waals surface area contributed by atoms with Crippen molar-refractivity contribution >= 4 is 28.9 Å². The van der Waals surface area contributed by atoms with E-state index in [1.807, 2.05) is 50.2 Å². The molecule has 3 rings (SSSR count). The monoisotopic (exact) mass is 470 g/mol. The highest BCUT2D eigenvalue weighted by molar-refractivity contribution is 6.32. The number of halogens is 2. The number of hydrogen-bond donors (Lipinski definition) is 2.